The number of hydrogen-bond acceptors (Lipinski definition) is 6. The topological polar surface area (TPSA) is 72.2 Å². The van der Waals surface area contributed by atoms with Gasteiger partial charge in [-0.3, -0.25) is 5.32 Å². The zero-order chi connectivity index (χ0) is 22.0. The molecule has 5 unspecified atom stereocenters. The van der Waals surface area contributed by atoms with Gasteiger partial charge >= 0.3 is 0 Å². The molecule has 6 N–H and O–H groups in total. The van der Waals surface area contributed by atoms with Gasteiger partial charge < -0.3 is 26.6 Å². The smallest absolute Gasteiger partial charge is 0.0623 e. The molecule has 0 radical (unpaired) electrons. The average Bonchev–Trinajstić information content (AvgIpc) is 2.68. The summed E-state index contributed by atoms with van der Waals surface area (Å²) in [5.74, 6) is 0. The summed E-state index contributed by atoms with van der Waals surface area (Å²) in [7, 11) is 0. The minimum absolute atomic E-state index is 0.243. The van der Waals surface area contributed by atoms with E-state index in [0.29, 0.717) is 35.7 Å². The van der Waals surface area contributed by atoms with Crippen molar-refractivity contribution >= 4 is 0 Å². The molecule has 3 fully saturated rings. The van der Waals surface area contributed by atoms with E-state index in [0.717, 1.165) is 32.8 Å². The first-order chi connectivity index (χ1) is 14.0. The molecule has 0 aromatic rings. The highest BCUT2D eigenvalue weighted by Gasteiger charge is 2.40. The van der Waals surface area contributed by atoms with E-state index in [-0.39, 0.29) is 10.8 Å². The monoisotopic (exact) mass is 422 g/mol. The molecule has 0 bridgehead atoms. The van der Waals surface area contributed by atoms with Crippen LogP contribution in [0.1, 0.15) is 74.1 Å². The van der Waals surface area contributed by atoms with Crippen molar-refractivity contribution in [2.75, 3.05) is 32.8 Å². The molecule has 3 aliphatic heterocycles. The van der Waals surface area contributed by atoms with Crippen molar-refractivity contribution in [1.82, 2.24) is 31.9 Å². The van der Waals surface area contributed by atoms with Crippen LogP contribution in [0.5, 0.6) is 0 Å². The minimum atomic E-state index is 0.243. The minimum Gasteiger partial charge on any atom is -0.314 e. The molecular weight excluding hydrogens is 372 g/mol. The third-order valence-corrected chi connectivity index (χ3v) is 7.80. The van der Waals surface area contributed by atoms with Gasteiger partial charge in [-0.05, 0) is 55.0 Å². The van der Waals surface area contributed by atoms with Crippen LogP contribution in [0.25, 0.3) is 0 Å². The predicted molar refractivity (Wildman–Crippen MR) is 128 cm³/mol. The Labute approximate surface area is 185 Å². The molecule has 176 valence electrons. The van der Waals surface area contributed by atoms with Crippen molar-refractivity contribution in [3.05, 3.63) is 0 Å². The van der Waals surface area contributed by atoms with Gasteiger partial charge in [0.15, 0.2) is 0 Å². The lowest BCUT2D eigenvalue weighted by atomic mass is 9.73. The Balaban J connectivity index is 1.55. The van der Waals surface area contributed by atoms with Gasteiger partial charge in [0, 0.05) is 43.9 Å². The molecule has 30 heavy (non-hydrogen) atoms. The van der Waals surface area contributed by atoms with E-state index >= 15 is 0 Å². The number of nitrogens with one attached hydrogen (secondary N) is 6. The van der Waals surface area contributed by atoms with Crippen LogP contribution >= 0.6 is 0 Å². The molecule has 0 aromatic heterocycles. The van der Waals surface area contributed by atoms with Crippen molar-refractivity contribution in [1.29, 1.82) is 0 Å². The zero-order valence-electron chi connectivity index (χ0n) is 20.8. The Morgan fingerprint density at radius 2 is 1.37 bits per heavy atom. The summed E-state index contributed by atoms with van der Waals surface area (Å²) in [6.07, 6.45) is 5.26. The summed E-state index contributed by atoms with van der Waals surface area (Å²) in [4.78, 5) is 0. The van der Waals surface area contributed by atoms with Gasteiger partial charge in [-0.15, -0.1) is 0 Å². The largest absolute Gasteiger partial charge is 0.314 e. The van der Waals surface area contributed by atoms with Crippen LogP contribution in [0.3, 0.4) is 0 Å². The molecule has 3 heterocycles. The fraction of sp³-hybridized carbons (Fsp3) is 1.00. The van der Waals surface area contributed by atoms with Gasteiger partial charge in [-0.25, -0.2) is 0 Å². The molecule has 0 aliphatic carbocycles. The molecule has 3 aliphatic rings. The van der Waals surface area contributed by atoms with Crippen LogP contribution in [0.4, 0.5) is 0 Å². The van der Waals surface area contributed by atoms with Gasteiger partial charge in [0.25, 0.3) is 0 Å². The molecule has 3 saturated heterocycles. The van der Waals surface area contributed by atoms with E-state index in [2.05, 4.69) is 80.4 Å². The fourth-order valence-electron chi connectivity index (χ4n) is 5.79. The van der Waals surface area contributed by atoms with E-state index in [1.165, 1.54) is 25.7 Å². The normalized spacial score (nSPS) is 34.7. The number of piperazine rings is 1. The highest BCUT2D eigenvalue weighted by atomic mass is 15.2. The fourth-order valence-corrected chi connectivity index (χ4v) is 5.79. The summed E-state index contributed by atoms with van der Waals surface area (Å²) in [6.45, 7) is 22.1. The lowest BCUT2D eigenvalue weighted by molar-refractivity contribution is 0.100. The maximum atomic E-state index is 4.07. The van der Waals surface area contributed by atoms with Gasteiger partial charge in [-0.1, -0.05) is 48.5 Å². The quantitative estimate of drug-likeness (QED) is 0.393. The third-order valence-electron chi connectivity index (χ3n) is 7.80. The molecule has 0 saturated carbocycles. The molecule has 6 heteroatoms. The highest BCUT2D eigenvalue weighted by molar-refractivity contribution is 4.99. The molecule has 6 nitrogen and oxygen atoms in total. The van der Waals surface area contributed by atoms with Crippen molar-refractivity contribution in [2.45, 2.75) is 104 Å². The Kier molecular flexibility index (Phi) is 7.90. The van der Waals surface area contributed by atoms with Gasteiger partial charge in [0.1, 0.15) is 0 Å². The van der Waals surface area contributed by atoms with E-state index < -0.39 is 0 Å². The van der Waals surface area contributed by atoms with Crippen LogP contribution in [0.2, 0.25) is 0 Å². The standard InChI is InChI=1S/C24H50N6/c1-22(2,3)21-27-11-8-17(30-21)12-24(6,7)20-15-26-14-18(29-20)13-23(4,5)19-9-10-25-16-28-19/h17-21,25-30H,8-16H2,1-7H3. The SMILES string of the molecule is CC(C)(C)C1NCCC(CC(C)(C)C2CNCC(CC(C)(C)C3CCNCN3)N2)N1. The maximum absolute atomic E-state index is 4.07. The second-order valence-electron chi connectivity index (χ2n) is 12.6. The van der Waals surface area contributed by atoms with Gasteiger partial charge in [0.2, 0.25) is 0 Å². The highest BCUT2D eigenvalue weighted by Crippen LogP contribution is 2.34. The zero-order valence-corrected chi connectivity index (χ0v) is 20.8. The molecule has 0 spiro atoms. The van der Waals surface area contributed by atoms with Crippen LogP contribution in [-0.2, 0) is 0 Å². The molecule has 0 amide bonds. The Hall–Kier alpha value is -0.240. The van der Waals surface area contributed by atoms with Gasteiger partial charge in [0.05, 0.1) is 6.17 Å². The second kappa shape index (κ2) is 9.72. The second-order valence-corrected chi connectivity index (χ2v) is 12.6. The summed E-state index contributed by atoms with van der Waals surface area (Å²) in [5.41, 5.74) is 0.789. The Morgan fingerprint density at radius 1 is 0.667 bits per heavy atom. The first-order valence-corrected chi connectivity index (χ1v) is 12.4. The average molecular weight is 423 g/mol. The first-order valence-electron chi connectivity index (χ1n) is 12.4. The van der Waals surface area contributed by atoms with E-state index in [9.17, 15) is 0 Å². The number of rotatable bonds is 6. The number of hydrogen-bond donors (Lipinski definition) is 6. The maximum Gasteiger partial charge on any atom is 0.0623 e. The van der Waals surface area contributed by atoms with Crippen molar-refractivity contribution in [2.24, 2.45) is 16.2 Å². The van der Waals surface area contributed by atoms with E-state index in [1.54, 1.807) is 0 Å². The van der Waals surface area contributed by atoms with E-state index in [1.807, 2.05) is 0 Å². The van der Waals surface area contributed by atoms with Crippen LogP contribution < -0.4 is 31.9 Å². The summed E-state index contributed by atoms with van der Waals surface area (Å²) >= 11 is 0. The molecule has 5 atom stereocenters. The van der Waals surface area contributed by atoms with Crippen LogP contribution in [0.15, 0.2) is 0 Å². The lowest BCUT2D eigenvalue weighted by Gasteiger charge is -2.47. The first kappa shape index (κ1) is 24.4. The van der Waals surface area contributed by atoms with Crippen LogP contribution in [0, 0.1) is 16.2 Å². The molecular formula is C24H50N6. The molecule has 0 aromatic carbocycles. The van der Waals surface area contributed by atoms with Gasteiger partial charge in [-0.2, -0.15) is 0 Å². The predicted octanol–water partition coefficient (Wildman–Crippen LogP) is 1.98. The summed E-state index contributed by atoms with van der Waals surface area (Å²) < 4.78 is 0. The Bertz CT molecular complexity index is 534. The summed E-state index contributed by atoms with van der Waals surface area (Å²) in [6, 6.07) is 2.24. The molecule has 3 rings (SSSR count). The van der Waals surface area contributed by atoms with Crippen molar-refractivity contribution in [3.8, 4) is 0 Å². The van der Waals surface area contributed by atoms with Crippen molar-refractivity contribution in [3.63, 3.8) is 0 Å². The third kappa shape index (κ3) is 6.39. The van der Waals surface area contributed by atoms with Crippen molar-refractivity contribution < 1.29 is 0 Å². The van der Waals surface area contributed by atoms with Crippen LogP contribution in [-0.4, -0.2) is 63.2 Å². The Morgan fingerprint density at radius 3 is 2.03 bits per heavy atom. The summed E-state index contributed by atoms with van der Waals surface area (Å²) in [5, 5.41) is 22.5. The van der Waals surface area contributed by atoms with E-state index in [4.69, 9.17) is 0 Å². The lowest BCUT2D eigenvalue weighted by Crippen LogP contribution is -2.64.